The van der Waals surface area contributed by atoms with Gasteiger partial charge in [0.25, 0.3) is 0 Å². The minimum absolute atomic E-state index is 0.324. The Bertz CT molecular complexity index is 515. The van der Waals surface area contributed by atoms with E-state index in [1.54, 1.807) is 13.2 Å². The molecule has 18 heavy (non-hydrogen) atoms. The largest absolute Gasteiger partial charge is 0.496 e. The second-order valence-electron chi connectivity index (χ2n) is 4.96. The van der Waals surface area contributed by atoms with Crippen LogP contribution in [0.3, 0.4) is 0 Å². The van der Waals surface area contributed by atoms with Gasteiger partial charge in [-0.2, -0.15) is 4.99 Å². The van der Waals surface area contributed by atoms with Crippen LogP contribution in [0.15, 0.2) is 17.1 Å². The second-order valence-corrected chi connectivity index (χ2v) is 5.37. The van der Waals surface area contributed by atoms with Crippen molar-refractivity contribution in [3.63, 3.8) is 0 Å². The van der Waals surface area contributed by atoms with Crippen molar-refractivity contribution in [2.24, 2.45) is 4.99 Å². The van der Waals surface area contributed by atoms with Crippen LogP contribution in [0.1, 0.15) is 43.7 Å². The first-order chi connectivity index (χ1) is 8.54. The van der Waals surface area contributed by atoms with E-state index in [-0.39, 0.29) is 0 Å². The van der Waals surface area contributed by atoms with Gasteiger partial charge >= 0.3 is 0 Å². The molecule has 0 aromatic heterocycles. The molecule has 0 spiro atoms. The van der Waals surface area contributed by atoms with Crippen LogP contribution in [0.2, 0.25) is 5.02 Å². The fourth-order valence-electron chi connectivity index (χ4n) is 2.19. The van der Waals surface area contributed by atoms with E-state index in [1.807, 2.05) is 12.1 Å². The van der Waals surface area contributed by atoms with Gasteiger partial charge in [0.1, 0.15) is 11.3 Å². The van der Waals surface area contributed by atoms with Gasteiger partial charge < -0.3 is 4.74 Å². The Morgan fingerprint density at radius 3 is 2.56 bits per heavy atom. The summed E-state index contributed by atoms with van der Waals surface area (Å²) in [6, 6.07) is 3.83. The van der Waals surface area contributed by atoms with Crippen LogP contribution in [0.5, 0.6) is 5.75 Å². The molecule has 1 saturated carbocycles. The standard InChI is InChI=1S/C14H16ClNO2/c1-9(2)10-6-13(18-3)11(7-12(10)15)14(4-5-14)16-8-17/h6-7,9H,4-5H2,1-3H3. The molecule has 96 valence electrons. The Kier molecular flexibility index (Phi) is 3.47. The van der Waals surface area contributed by atoms with Crippen LogP contribution < -0.4 is 4.74 Å². The molecule has 2 rings (SSSR count). The van der Waals surface area contributed by atoms with Crippen molar-refractivity contribution in [2.45, 2.75) is 38.1 Å². The van der Waals surface area contributed by atoms with Crippen LogP contribution in [-0.4, -0.2) is 13.2 Å². The van der Waals surface area contributed by atoms with Crippen molar-refractivity contribution in [3.05, 3.63) is 28.3 Å². The summed E-state index contributed by atoms with van der Waals surface area (Å²) in [6.45, 7) is 4.16. The number of nitrogens with zero attached hydrogens (tertiary/aromatic N) is 1. The minimum atomic E-state index is -0.452. The highest BCUT2D eigenvalue weighted by Crippen LogP contribution is 2.53. The third kappa shape index (κ3) is 2.16. The Morgan fingerprint density at radius 2 is 2.11 bits per heavy atom. The lowest BCUT2D eigenvalue weighted by molar-refractivity contribution is 0.403. The number of isocyanates is 1. The molecule has 0 amide bonds. The van der Waals surface area contributed by atoms with Crippen molar-refractivity contribution in [2.75, 3.05) is 7.11 Å². The number of rotatable bonds is 4. The van der Waals surface area contributed by atoms with Crippen molar-refractivity contribution in [3.8, 4) is 5.75 Å². The van der Waals surface area contributed by atoms with Gasteiger partial charge in [0.05, 0.1) is 7.11 Å². The summed E-state index contributed by atoms with van der Waals surface area (Å²) in [5.74, 6) is 1.07. The summed E-state index contributed by atoms with van der Waals surface area (Å²) >= 11 is 6.29. The smallest absolute Gasteiger partial charge is 0.235 e. The van der Waals surface area contributed by atoms with Gasteiger partial charge in [-0.25, -0.2) is 4.79 Å². The topological polar surface area (TPSA) is 38.7 Å². The van der Waals surface area contributed by atoms with E-state index < -0.39 is 5.54 Å². The zero-order chi connectivity index (χ0) is 13.3. The Labute approximate surface area is 112 Å². The van der Waals surface area contributed by atoms with Gasteiger partial charge in [0, 0.05) is 10.6 Å². The fourth-order valence-corrected chi connectivity index (χ4v) is 2.57. The van der Waals surface area contributed by atoms with E-state index in [4.69, 9.17) is 16.3 Å². The number of hydrogen-bond acceptors (Lipinski definition) is 3. The van der Waals surface area contributed by atoms with Crippen LogP contribution >= 0.6 is 11.6 Å². The van der Waals surface area contributed by atoms with Gasteiger partial charge in [-0.05, 0) is 36.5 Å². The molecule has 1 fully saturated rings. The third-order valence-corrected chi connectivity index (χ3v) is 3.75. The maximum atomic E-state index is 10.5. The maximum Gasteiger partial charge on any atom is 0.235 e. The summed E-state index contributed by atoms with van der Waals surface area (Å²) in [6.07, 6.45) is 3.34. The van der Waals surface area contributed by atoms with Crippen molar-refractivity contribution < 1.29 is 9.53 Å². The van der Waals surface area contributed by atoms with Crippen molar-refractivity contribution in [1.29, 1.82) is 0 Å². The molecule has 3 nitrogen and oxygen atoms in total. The fraction of sp³-hybridized carbons (Fsp3) is 0.500. The monoisotopic (exact) mass is 265 g/mol. The molecule has 0 aliphatic heterocycles. The highest BCUT2D eigenvalue weighted by molar-refractivity contribution is 6.31. The van der Waals surface area contributed by atoms with E-state index in [0.29, 0.717) is 10.9 Å². The molecule has 1 aliphatic rings. The number of halogens is 1. The molecule has 0 atom stereocenters. The van der Waals surface area contributed by atoms with Crippen LogP contribution in [0.25, 0.3) is 0 Å². The Hall–Kier alpha value is -1.31. The summed E-state index contributed by atoms with van der Waals surface area (Å²) < 4.78 is 5.42. The van der Waals surface area contributed by atoms with E-state index in [0.717, 1.165) is 29.7 Å². The summed E-state index contributed by atoms with van der Waals surface area (Å²) in [5, 5.41) is 0.702. The SMILES string of the molecule is COc1cc(C(C)C)c(Cl)cc1C1(N=C=O)CC1. The molecule has 0 bridgehead atoms. The maximum absolute atomic E-state index is 10.5. The third-order valence-electron chi connectivity index (χ3n) is 3.43. The number of carbonyl (C=O) groups excluding carboxylic acids is 1. The van der Waals surface area contributed by atoms with E-state index in [2.05, 4.69) is 18.8 Å². The first-order valence-corrected chi connectivity index (χ1v) is 6.39. The lowest BCUT2D eigenvalue weighted by Crippen LogP contribution is -2.06. The van der Waals surface area contributed by atoms with Crippen LogP contribution in [0.4, 0.5) is 0 Å². The quantitative estimate of drug-likeness (QED) is 0.614. The molecular weight excluding hydrogens is 250 g/mol. The van der Waals surface area contributed by atoms with Gasteiger partial charge in [0.15, 0.2) is 0 Å². The number of methoxy groups -OCH3 is 1. The molecule has 0 heterocycles. The second kappa shape index (κ2) is 4.75. The molecule has 0 saturated heterocycles. The molecule has 0 radical (unpaired) electrons. The van der Waals surface area contributed by atoms with Gasteiger partial charge in [-0.15, -0.1) is 0 Å². The van der Waals surface area contributed by atoms with Gasteiger partial charge in [0.2, 0.25) is 6.08 Å². The van der Waals surface area contributed by atoms with Crippen molar-refractivity contribution >= 4 is 17.7 Å². The first kappa shape index (κ1) is 13.1. The van der Waals surface area contributed by atoms with Crippen molar-refractivity contribution in [1.82, 2.24) is 0 Å². The average Bonchev–Trinajstić information content (AvgIpc) is 3.09. The highest BCUT2D eigenvalue weighted by Gasteiger charge is 2.47. The Morgan fingerprint density at radius 1 is 1.44 bits per heavy atom. The number of benzene rings is 1. The first-order valence-electron chi connectivity index (χ1n) is 6.01. The van der Waals surface area contributed by atoms with Crippen LogP contribution in [-0.2, 0) is 10.3 Å². The average molecular weight is 266 g/mol. The van der Waals surface area contributed by atoms with Gasteiger partial charge in [-0.3, -0.25) is 0 Å². The predicted octanol–water partition coefficient (Wildman–Crippen LogP) is 3.80. The van der Waals surface area contributed by atoms with Crippen LogP contribution in [0, 0.1) is 0 Å². The number of ether oxygens (including phenoxy) is 1. The molecule has 4 heteroatoms. The molecule has 1 aromatic rings. The molecule has 0 N–H and O–H groups in total. The van der Waals surface area contributed by atoms with E-state index >= 15 is 0 Å². The highest BCUT2D eigenvalue weighted by atomic mass is 35.5. The normalized spacial score (nSPS) is 16.3. The lowest BCUT2D eigenvalue weighted by Gasteiger charge is -2.17. The lowest BCUT2D eigenvalue weighted by atomic mass is 9.97. The molecule has 0 unspecified atom stereocenters. The molecular formula is C14H16ClNO2. The zero-order valence-corrected chi connectivity index (χ0v) is 11.5. The molecule has 1 aliphatic carbocycles. The zero-order valence-electron chi connectivity index (χ0n) is 10.8. The van der Waals surface area contributed by atoms with E-state index in [9.17, 15) is 4.79 Å². The predicted molar refractivity (Wildman–Crippen MR) is 71.1 cm³/mol. The number of hydrogen-bond donors (Lipinski definition) is 0. The van der Waals surface area contributed by atoms with Gasteiger partial charge in [-0.1, -0.05) is 25.4 Å². The minimum Gasteiger partial charge on any atom is -0.496 e. The van der Waals surface area contributed by atoms with E-state index in [1.165, 1.54) is 0 Å². The number of aliphatic imine (C=N–C) groups is 1. The Balaban J connectivity index is 2.55. The summed E-state index contributed by atoms with van der Waals surface area (Å²) in [7, 11) is 1.62. The summed E-state index contributed by atoms with van der Waals surface area (Å²) in [5.41, 5.74) is 1.48. The summed E-state index contributed by atoms with van der Waals surface area (Å²) in [4.78, 5) is 14.4. The molecule has 1 aromatic carbocycles.